The molecule has 0 aromatic rings. The van der Waals surface area contributed by atoms with Crippen LogP contribution in [0.3, 0.4) is 0 Å². The van der Waals surface area contributed by atoms with Crippen molar-refractivity contribution >= 4 is 5.91 Å². The molecule has 18 heavy (non-hydrogen) atoms. The van der Waals surface area contributed by atoms with Crippen molar-refractivity contribution in [1.29, 1.82) is 0 Å². The summed E-state index contributed by atoms with van der Waals surface area (Å²) in [5.74, 6) is -1.17. The maximum Gasteiger partial charge on any atom is 0.404 e. The molecule has 1 rings (SSSR count). The lowest BCUT2D eigenvalue weighted by Crippen LogP contribution is -2.55. The molecular formula is C11H19F3N2O2. The molecule has 3 N–H and O–H groups in total. The van der Waals surface area contributed by atoms with E-state index in [0.717, 1.165) is 0 Å². The van der Waals surface area contributed by atoms with E-state index >= 15 is 0 Å². The quantitative estimate of drug-likeness (QED) is 0.702. The fourth-order valence-corrected chi connectivity index (χ4v) is 1.99. The first-order chi connectivity index (χ1) is 8.24. The maximum atomic E-state index is 13.1. The van der Waals surface area contributed by atoms with Crippen molar-refractivity contribution < 1.29 is 23.1 Å². The molecule has 0 radical (unpaired) electrons. The molecule has 1 saturated heterocycles. The Balaban J connectivity index is 2.85. The highest BCUT2D eigenvalue weighted by Gasteiger charge is 2.61. The summed E-state index contributed by atoms with van der Waals surface area (Å²) in [6, 6.07) is -0.655. The largest absolute Gasteiger partial charge is 0.404 e. The molecule has 0 spiro atoms. The minimum atomic E-state index is -4.59. The third-order valence-electron chi connectivity index (χ3n) is 3.45. The number of alkyl halides is 3. The molecule has 1 heterocycles. The van der Waals surface area contributed by atoms with Crippen LogP contribution in [-0.2, 0) is 4.79 Å². The molecule has 4 nitrogen and oxygen atoms in total. The van der Waals surface area contributed by atoms with Gasteiger partial charge in [-0.15, -0.1) is 0 Å². The maximum absolute atomic E-state index is 13.1. The second-order valence-corrected chi connectivity index (χ2v) is 5.01. The summed E-state index contributed by atoms with van der Waals surface area (Å²) in [6.07, 6.45) is -4.85. The third-order valence-corrected chi connectivity index (χ3v) is 3.45. The molecule has 2 atom stereocenters. The number of hydrogen-bond donors (Lipinski definition) is 3. The van der Waals surface area contributed by atoms with Crippen LogP contribution in [0.25, 0.3) is 0 Å². The predicted molar refractivity (Wildman–Crippen MR) is 59.8 cm³/mol. The molecule has 0 aliphatic carbocycles. The van der Waals surface area contributed by atoms with E-state index in [2.05, 4.69) is 10.6 Å². The lowest BCUT2D eigenvalue weighted by Gasteiger charge is -2.32. The Labute approximate surface area is 104 Å². The van der Waals surface area contributed by atoms with E-state index in [1.54, 1.807) is 13.8 Å². The molecular weight excluding hydrogens is 249 g/mol. The van der Waals surface area contributed by atoms with Crippen molar-refractivity contribution in [2.24, 2.45) is 11.3 Å². The smallest absolute Gasteiger partial charge is 0.394 e. The van der Waals surface area contributed by atoms with Gasteiger partial charge in [0.05, 0.1) is 12.6 Å². The van der Waals surface area contributed by atoms with Gasteiger partial charge in [-0.2, -0.15) is 13.2 Å². The van der Waals surface area contributed by atoms with E-state index < -0.39 is 30.1 Å². The Morgan fingerprint density at radius 3 is 2.44 bits per heavy atom. The Kier molecular flexibility index (Phi) is 4.61. The van der Waals surface area contributed by atoms with Gasteiger partial charge in [0.1, 0.15) is 0 Å². The first kappa shape index (κ1) is 15.2. The van der Waals surface area contributed by atoms with Crippen molar-refractivity contribution in [3.05, 3.63) is 0 Å². The molecule has 0 aromatic carbocycles. The number of hydrogen-bond acceptors (Lipinski definition) is 3. The van der Waals surface area contributed by atoms with Crippen LogP contribution in [0.5, 0.6) is 0 Å². The highest BCUT2D eigenvalue weighted by molar-refractivity contribution is 5.84. The van der Waals surface area contributed by atoms with E-state index in [9.17, 15) is 18.0 Å². The van der Waals surface area contributed by atoms with Crippen LogP contribution >= 0.6 is 0 Å². The third kappa shape index (κ3) is 2.77. The summed E-state index contributed by atoms with van der Waals surface area (Å²) < 4.78 is 39.2. The fraction of sp³-hybridized carbons (Fsp3) is 0.909. The lowest BCUT2D eigenvalue weighted by atomic mass is 9.84. The zero-order valence-corrected chi connectivity index (χ0v) is 10.5. The summed E-state index contributed by atoms with van der Waals surface area (Å²) in [6.45, 7) is 2.85. The van der Waals surface area contributed by atoms with E-state index in [1.165, 1.54) is 0 Å². The van der Waals surface area contributed by atoms with Gasteiger partial charge in [0.2, 0.25) is 5.91 Å². The number of nitrogens with one attached hydrogen (secondary N) is 2. The van der Waals surface area contributed by atoms with Gasteiger partial charge in [-0.1, -0.05) is 13.8 Å². The van der Waals surface area contributed by atoms with Crippen molar-refractivity contribution in [1.82, 2.24) is 10.6 Å². The van der Waals surface area contributed by atoms with E-state index in [0.29, 0.717) is 0 Å². The summed E-state index contributed by atoms with van der Waals surface area (Å²) >= 11 is 0. The van der Waals surface area contributed by atoms with Crippen LogP contribution in [0.2, 0.25) is 0 Å². The molecule has 106 valence electrons. The number of carbonyl (C=O) groups excluding carboxylic acids is 1. The Hall–Kier alpha value is -0.820. The van der Waals surface area contributed by atoms with Crippen LogP contribution in [0.15, 0.2) is 0 Å². The summed E-state index contributed by atoms with van der Waals surface area (Å²) in [4.78, 5) is 11.9. The Morgan fingerprint density at radius 1 is 1.50 bits per heavy atom. The number of aliphatic hydroxyl groups excluding tert-OH is 1. The molecule has 1 aliphatic rings. The molecule has 1 fully saturated rings. The Morgan fingerprint density at radius 2 is 2.11 bits per heavy atom. The van der Waals surface area contributed by atoms with Crippen LogP contribution < -0.4 is 10.6 Å². The second kappa shape index (κ2) is 5.44. The standard InChI is InChI=1S/C11H19F3N2O2/c1-7(2)8(5-17)16-9(18)10(11(12,13)14)3-4-15-6-10/h7-8,15,17H,3-6H2,1-2H3,(H,16,18)/t8-,10?/m1/s1. The van der Waals surface area contributed by atoms with Crippen molar-refractivity contribution in [3.63, 3.8) is 0 Å². The average molecular weight is 268 g/mol. The van der Waals surface area contributed by atoms with E-state index in [1.807, 2.05) is 0 Å². The van der Waals surface area contributed by atoms with Gasteiger partial charge >= 0.3 is 6.18 Å². The molecule has 0 aromatic heterocycles. The second-order valence-electron chi connectivity index (χ2n) is 5.01. The molecule has 7 heteroatoms. The van der Waals surface area contributed by atoms with Gasteiger partial charge in [0, 0.05) is 6.54 Å². The molecule has 1 amide bonds. The van der Waals surface area contributed by atoms with Gasteiger partial charge in [-0.05, 0) is 18.9 Å². The molecule has 1 unspecified atom stereocenters. The number of amides is 1. The van der Waals surface area contributed by atoms with E-state index in [-0.39, 0.29) is 25.5 Å². The SMILES string of the molecule is CC(C)[C@@H](CO)NC(=O)C1(C(F)(F)F)CCNC1. The van der Waals surface area contributed by atoms with Gasteiger partial charge in [-0.3, -0.25) is 4.79 Å². The predicted octanol–water partition coefficient (Wildman–Crippen LogP) is 0.661. The first-order valence-corrected chi connectivity index (χ1v) is 5.94. The topological polar surface area (TPSA) is 61.4 Å². The molecule has 1 aliphatic heterocycles. The number of carbonyl (C=O) groups is 1. The summed E-state index contributed by atoms with van der Waals surface area (Å²) in [7, 11) is 0. The minimum absolute atomic E-state index is 0.126. The van der Waals surface area contributed by atoms with Gasteiger partial charge < -0.3 is 15.7 Å². The van der Waals surface area contributed by atoms with Crippen molar-refractivity contribution in [3.8, 4) is 0 Å². The first-order valence-electron chi connectivity index (χ1n) is 5.94. The molecule has 0 saturated carbocycles. The molecule has 0 bridgehead atoms. The van der Waals surface area contributed by atoms with Gasteiger partial charge in [0.25, 0.3) is 0 Å². The Bertz CT molecular complexity index is 299. The normalized spacial score (nSPS) is 26.4. The van der Waals surface area contributed by atoms with Gasteiger partial charge in [-0.25, -0.2) is 0 Å². The lowest BCUT2D eigenvalue weighted by molar-refractivity contribution is -0.216. The highest BCUT2D eigenvalue weighted by Crippen LogP contribution is 2.43. The van der Waals surface area contributed by atoms with Crippen molar-refractivity contribution in [2.45, 2.75) is 32.5 Å². The number of aliphatic hydroxyl groups is 1. The zero-order valence-electron chi connectivity index (χ0n) is 10.5. The van der Waals surface area contributed by atoms with Crippen molar-refractivity contribution in [2.75, 3.05) is 19.7 Å². The fourth-order valence-electron chi connectivity index (χ4n) is 1.99. The highest BCUT2D eigenvalue weighted by atomic mass is 19.4. The monoisotopic (exact) mass is 268 g/mol. The number of rotatable bonds is 4. The van der Waals surface area contributed by atoms with Crippen LogP contribution in [0.4, 0.5) is 13.2 Å². The van der Waals surface area contributed by atoms with Crippen LogP contribution in [0.1, 0.15) is 20.3 Å². The van der Waals surface area contributed by atoms with E-state index in [4.69, 9.17) is 5.11 Å². The minimum Gasteiger partial charge on any atom is -0.394 e. The summed E-state index contributed by atoms with van der Waals surface area (Å²) in [5.41, 5.74) is -2.37. The van der Waals surface area contributed by atoms with Crippen LogP contribution in [0, 0.1) is 11.3 Å². The number of halogens is 3. The summed E-state index contributed by atoms with van der Waals surface area (Å²) in [5, 5.41) is 13.9. The zero-order chi connectivity index (χ0) is 14.0. The van der Waals surface area contributed by atoms with Gasteiger partial charge in [0.15, 0.2) is 5.41 Å². The van der Waals surface area contributed by atoms with Crippen LogP contribution in [-0.4, -0.2) is 42.9 Å². The average Bonchev–Trinajstić information content (AvgIpc) is 2.74.